The van der Waals surface area contributed by atoms with Crippen LogP contribution in [0.15, 0.2) is 94.9 Å². The first-order chi connectivity index (χ1) is 19.9. The number of carbonyl (C=O) groups excluding carboxylic acids is 1. The van der Waals surface area contributed by atoms with E-state index in [1.807, 2.05) is 91.9 Å². The molecule has 1 atom stereocenters. The lowest BCUT2D eigenvalue weighted by Gasteiger charge is -2.26. The molecule has 6 nitrogen and oxygen atoms in total. The van der Waals surface area contributed by atoms with Gasteiger partial charge in [0.1, 0.15) is 4.83 Å². The smallest absolute Gasteiger partial charge is 0.267 e. The van der Waals surface area contributed by atoms with Crippen LogP contribution in [0.1, 0.15) is 29.9 Å². The Morgan fingerprint density at radius 3 is 2.37 bits per heavy atom. The zero-order valence-corrected chi connectivity index (χ0v) is 24.9. The molecule has 0 N–H and O–H groups in total. The number of rotatable bonds is 7. The summed E-state index contributed by atoms with van der Waals surface area (Å²) < 4.78 is 7.78. The Morgan fingerprint density at radius 1 is 1.05 bits per heavy atom. The highest BCUT2D eigenvalue weighted by atomic mass is 32.2. The van der Waals surface area contributed by atoms with Crippen LogP contribution in [-0.4, -0.2) is 27.3 Å². The van der Waals surface area contributed by atoms with Gasteiger partial charge in [-0.25, -0.2) is 4.98 Å². The van der Waals surface area contributed by atoms with Crippen LogP contribution in [0.2, 0.25) is 0 Å². The Bertz CT molecular complexity index is 1720. The number of anilines is 2. The van der Waals surface area contributed by atoms with Gasteiger partial charge in [-0.05, 0) is 60.4 Å². The Kier molecular flexibility index (Phi) is 7.79. The van der Waals surface area contributed by atoms with E-state index in [0.29, 0.717) is 34.3 Å². The molecular weight excluding hydrogens is 551 g/mol. The fourth-order valence-electron chi connectivity index (χ4n) is 5.21. The van der Waals surface area contributed by atoms with Crippen molar-refractivity contribution in [3.05, 3.63) is 111 Å². The lowest BCUT2D eigenvalue weighted by atomic mass is 9.96. The van der Waals surface area contributed by atoms with Crippen molar-refractivity contribution in [2.75, 3.05) is 10.7 Å². The van der Waals surface area contributed by atoms with Gasteiger partial charge in [0, 0.05) is 22.7 Å². The summed E-state index contributed by atoms with van der Waals surface area (Å²) in [6, 6.07) is 27.1. The van der Waals surface area contributed by atoms with Crippen molar-refractivity contribution in [3.63, 3.8) is 0 Å². The van der Waals surface area contributed by atoms with E-state index in [1.165, 1.54) is 23.1 Å². The molecule has 3 aromatic carbocycles. The largest absolute Gasteiger partial charge is 0.372 e. The zero-order chi connectivity index (χ0) is 28.5. The Hall–Kier alpha value is -3.72. The van der Waals surface area contributed by atoms with E-state index < -0.39 is 0 Å². The topological polar surface area (TPSA) is 64.4 Å². The molecular formula is C33H31N3O3S2. The number of amides is 1. The SMILES string of the molecule is Cc1cccc(-n2c(SCC(=O)N(c3ccccc3)c3ccccc3)nc3sc4c(c3c2=O)C[C@H](C(C)C)OC4)c1. The third-order valence-electron chi connectivity index (χ3n) is 7.32. The summed E-state index contributed by atoms with van der Waals surface area (Å²) >= 11 is 2.81. The minimum atomic E-state index is -0.101. The van der Waals surface area contributed by atoms with Crippen molar-refractivity contribution < 1.29 is 9.53 Å². The van der Waals surface area contributed by atoms with Crippen molar-refractivity contribution >= 4 is 50.6 Å². The molecule has 0 radical (unpaired) electrons. The third kappa shape index (κ3) is 5.47. The number of hydrogen-bond acceptors (Lipinski definition) is 6. The first kappa shape index (κ1) is 27.4. The number of thiophene rings is 1. The van der Waals surface area contributed by atoms with Gasteiger partial charge in [-0.2, -0.15) is 0 Å². The van der Waals surface area contributed by atoms with Gasteiger partial charge in [-0.3, -0.25) is 19.1 Å². The molecule has 0 saturated heterocycles. The van der Waals surface area contributed by atoms with Gasteiger partial charge in [0.25, 0.3) is 5.56 Å². The maximum atomic E-state index is 14.3. The second-order valence-corrected chi connectivity index (χ2v) is 12.6. The van der Waals surface area contributed by atoms with Crippen LogP contribution in [0.3, 0.4) is 0 Å². The van der Waals surface area contributed by atoms with Crippen LogP contribution in [-0.2, 0) is 22.6 Å². The minimum Gasteiger partial charge on any atom is -0.372 e. The molecule has 0 spiro atoms. The highest BCUT2D eigenvalue weighted by molar-refractivity contribution is 7.99. The summed E-state index contributed by atoms with van der Waals surface area (Å²) in [5, 5.41) is 1.17. The Balaban J connectivity index is 1.42. The van der Waals surface area contributed by atoms with E-state index in [0.717, 1.165) is 33.1 Å². The van der Waals surface area contributed by atoms with Crippen LogP contribution in [0, 0.1) is 12.8 Å². The quantitative estimate of drug-likeness (QED) is 0.149. The molecule has 0 fully saturated rings. The molecule has 1 amide bonds. The molecule has 208 valence electrons. The van der Waals surface area contributed by atoms with Crippen molar-refractivity contribution in [3.8, 4) is 5.69 Å². The van der Waals surface area contributed by atoms with E-state index in [2.05, 4.69) is 13.8 Å². The summed E-state index contributed by atoms with van der Waals surface area (Å²) in [4.78, 5) is 36.6. The second-order valence-electron chi connectivity index (χ2n) is 10.5. The number of hydrogen-bond donors (Lipinski definition) is 0. The van der Waals surface area contributed by atoms with Crippen molar-refractivity contribution in [1.29, 1.82) is 0 Å². The third-order valence-corrected chi connectivity index (χ3v) is 9.34. The van der Waals surface area contributed by atoms with E-state index >= 15 is 0 Å². The van der Waals surface area contributed by atoms with Gasteiger partial charge in [0.2, 0.25) is 5.91 Å². The van der Waals surface area contributed by atoms with E-state index in [-0.39, 0.29) is 23.3 Å². The number of benzene rings is 3. The second kappa shape index (κ2) is 11.6. The van der Waals surface area contributed by atoms with Crippen LogP contribution in [0.4, 0.5) is 11.4 Å². The monoisotopic (exact) mass is 581 g/mol. The molecule has 8 heteroatoms. The molecule has 6 rings (SSSR count). The van der Waals surface area contributed by atoms with Crippen LogP contribution in [0.25, 0.3) is 15.9 Å². The lowest BCUT2D eigenvalue weighted by molar-refractivity contribution is -0.115. The van der Waals surface area contributed by atoms with Crippen molar-refractivity contribution in [2.45, 2.75) is 45.1 Å². The first-order valence-corrected chi connectivity index (χ1v) is 15.5. The maximum Gasteiger partial charge on any atom is 0.267 e. The summed E-state index contributed by atoms with van der Waals surface area (Å²) in [7, 11) is 0. The predicted molar refractivity (Wildman–Crippen MR) is 168 cm³/mol. The standard InChI is InChI=1S/C33H31N3O3S2/c1-21(2)27-18-26-28(19-39-27)41-31-30(26)32(38)36(25-16-10-11-22(3)17-25)33(34-31)40-20-29(37)35(23-12-6-4-7-13-23)24-14-8-5-9-15-24/h4-17,21,27H,18-20H2,1-3H3/t27-/m1/s1. The highest BCUT2D eigenvalue weighted by Gasteiger charge is 2.29. The van der Waals surface area contributed by atoms with Gasteiger partial charge >= 0.3 is 0 Å². The number of para-hydroxylation sites is 2. The molecule has 0 aliphatic carbocycles. The summed E-state index contributed by atoms with van der Waals surface area (Å²) in [6.07, 6.45) is 0.770. The number of carbonyl (C=O) groups is 1. The number of nitrogens with zero attached hydrogens (tertiary/aromatic N) is 3. The molecule has 1 aliphatic rings. The summed E-state index contributed by atoms with van der Waals surface area (Å²) in [6.45, 7) is 6.79. The molecule has 0 saturated carbocycles. The van der Waals surface area contributed by atoms with Crippen molar-refractivity contribution in [2.24, 2.45) is 5.92 Å². The van der Waals surface area contributed by atoms with Gasteiger partial charge in [0.05, 0.1) is 29.5 Å². The van der Waals surface area contributed by atoms with Crippen LogP contribution in [0.5, 0.6) is 0 Å². The molecule has 41 heavy (non-hydrogen) atoms. The lowest BCUT2D eigenvalue weighted by Crippen LogP contribution is -2.29. The number of ether oxygens (including phenoxy) is 1. The normalized spacial score (nSPS) is 14.8. The fraction of sp³-hybridized carbons (Fsp3) is 0.242. The number of thioether (sulfide) groups is 1. The molecule has 3 heterocycles. The van der Waals surface area contributed by atoms with Crippen molar-refractivity contribution in [1.82, 2.24) is 9.55 Å². The zero-order valence-electron chi connectivity index (χ0n) is 23.2. The van der Waals surface area contributed by atoms with E-state index in [9.17, 15) is 9.59 Å². The van der Waals surface area contributed by atoms with Crippen LogP contribution < -0.4 is 10.5 Å². The Morgan fingerprint density at radius 2 is 1.73 bits per heavy atom. The molecule has 5 aromatic rings. The number of aromatic nitrogens is 2. The average molecular weight is 582 g/mol. The molecule has 1 aliphatic heterocycles. The average Bonchev–Trinajstić information content (AvgIpc) is 3.35. The molecule has 0 bridgehead atoms. The van der Waals surface area contributed by atoms with E-state index in [4.69, 9.17) is 9.72 Å². The minimum absolute atomic E-state index is 0.0701. The highest BCUT2D eigenvalue weighted by Crippen LogP contribution is 2.36. The number of fused-ring (bicyclic) bond motifs is 3. The van der Waals surface area contributed by atoms with Gasteiger partial charge in [0.15, 0.2) is 5.16 Å². The number of aryl methyl sites for hydroxylation is 1. The maximum absolute atomic E-state index is 14.3. The molecule has 0 unspecified atom stereocenters. The first-order valence-electron chi connectivity index (χ1n) is 13.7. The Labute approximate surface area is 247 Å². The van der Waals surface area contributed by atoms with E-state index in [1.54, 1.807) is 9.47 Å². The summed E-state index contributed by atoms with van der Waals surface area (Å²) in [5.74, 6) is 0.358. The fourth-order valence-corrected chi connectivity index (χ4v) is 7.24. The predicted octanol–water partition coefficient (Wildman–Crippen LogP) is 7.31. The summed E-state index contributed by atoms with van der Waals surface area (Å²) in [5.41, 5.74) is 4.32. The van der Waals surface area contributed by atoms with Gasteiger partial charge < -0.3 is 4.74 Å². The van der Waals surface area contributed by atoms with Crippen LogP contribution >= 0.6 is 23.1 Å². The molecule has 2 aromatic heterocycles. The van der Waals surface area contributed by atoms with Gasteiger partial charge in [-0.15, -0.1) is 11.3 Å². The van der Waals surface area contributed by atoms with Gasteiger partial charge in [-0.1, -0.05) is 74.1 Å².